The number of amides is 1. The Morgan fingerprint density at radius 3 is 2.16 bits per heavy atom. The van der Waals surface area contributed by atoms with E-state index in [4.69, 9.17) is 0 Å². The summed E-state index contributed by atoms with van der Waals surface area (Å²) in [5.41, 5.74) is 4.86. The summed E-state index contributed by atoms with van der Waals surface area (Å²) in [6, 6.07) is 28.9. The van der Waals surface area contributed by atoms with Gasteiger partial charge in [0.2, 0.25) is 5.91 Å². The highest BCUT2D eigenvalue weighted by atomic mass is 16.4. The van der Waals surface area contributed by atoms with E-state index in [1.807, 2.05) is 36.4 Å². The third kappa shape index (κ3) is 8.34. The zero-order valence-electron chi connectivity index (χ0n) is 22.0. The lowest BCUT2D eigenvalue weighted by Gasteiger charge is -2.18. The maximum Gasteiger partial charge on any atom is 0.303 e. The number of aromatic nitrogens is 1. The Morgan fingerprint density at radius 2 is 1.42 bits per heavy atom. The fourth-order valence-electron chi connectivity index (χ4n) is 5.10. The lowest BCUT2D eigenvalue weighted by molar-refractivity contribution is -0.137. The van der Waals surface area contributed by atoms with Crippen LogP contribution >= 0.6 is 0 Å². The minimum Gasteiger partial charge on any atom is -0.481 e. The lowest BCUT2D eigenvalue weighted by Crippen LogP contribution is -2.36. The van der Waals surface area contributed by atoms with Gasteiger partial charge in [0.15, 0.2) is 0 Å². The second kappa shape index (κ2) is 14.2. The molecule has 0 radical (unpaired) electrons. The highest BCUT2D eigenvalue weighted by molar-refractivity contribution is 5.84. The number of nitrogens with zero attached hydrogens (tertiary/aromatic N) is 1. The topological polar surface area (TPSA) is 71.3 Å². The zero-order chi connectivity index (χ0) is 26.6. The third-order valence-corrected chi connectivity index (χ3v) is 7.07. The van der Waals surface area contributed by atoms with Crippen molar-refractivity contribution in [1.82, 2.24) is 9.88 Å². The van der Waals surface area contributed by atoms with Crippen molar-refractivity contribution in [3.63, 3.8) is 0 Å². The number of nitrogens with one attached hydrogen (secondary N) is 1. The first-order valence-electron chi connectivity index (χ1n) is 13.7. The molecule has 0 aliphatic carbocycles. The molecule has 1 amide bonds. The van der Waals surface area contributed by atoms with Gasteiger partial charge in [-0.1, -0.05) is 91.7 Å². The molecule has 0 fully saturated rings. The van der Waals surface area contributed by atoms with Gasteiger partial charge < -0.3 is 15.0 Å². The summed E-state index contributed by atoms with van der Waals surface area (Å²) in [7, 11) is 0. The van der Waals surface area contributed by atoms with Gasteiger partial charge in [-0.05, 0) is 54.9 Å². The van der Waals surface area contributed by atoms with Crippen LogP contribution in [-0.2, 0) is 29.0 Å². The van der Waals surface area contributed by atoms with Crippen LogP contribution in [0.5, 0.6) is 0 Å². The van der Waals surface area contributed by atoms with E-state index in [9.17, 15) is 14.7 Å². The molecule has 5 heteroatoms. The number of carbonyl (C=O) groups excluding carboxylic acids is 1. The summed E-state index contributed by atoms with van der Waals surface area (Å²) in [5, 5.41) is 13.6. The summed E-state index contributed by atoms with van der Waals surface area (Å²) in [5.74, 6) is -0.828. The molecule has 0 saturated heterocycles. The minimum absolute atomic E-state index is 0.0106. The van der Waals surface area contributed by atoms with Crippen molar-refractivity contribution in [3.8, 4) is 0 Å². The molecule has 5 nitrogen and oxygen atoms in total. The molecule has 0 saturated carbocycles. The first-order valence-corrected chi connectivity index (χ1v) is 13.7. The molecule has 1 aromatic heterocycles. The van der Waals surface area contributed by atoms with Crippen molar-refractivity contribution in [2.24, 2.45) is 0 Å². The van der Waals surface area contributed by atoms with E-state index in [1.165, 1.54) is 11.1 Å². The maximum atomic E-state index is 12.8. The van der Waals surface area contributed by atoms with Crippen LogP contribution in [0.15, 0.2) is 91.1 Å². The summed E-state index contributed by atoms with van der Waals surface area (Å²) in [6.07, 6.45) is 8.86. The average Bonchev–Trinajstić information content (AvgIpc) is 3.27. The quantitative estimate of drug-likeness (QED) is 0.173. The van der Waals surface area contributed by atoms with E-state index in [2.05, 4.69) is 64.6 Å². The zero-order valence-corrected chi connectivity index (χ0v) is 22.0. The molecule has 0 spiro atoms. The van der Waals surface area contributed by atoms with E-state index < -0.39 is 5.97 Å². The van der Waals surface area contributed by atoms with Gasteiger partial charge in [-0.2, -0.15) is 0 Å². The second-order valence-electron chi connectivity index (χ2n) is 10.1. The molecule has 4 rings (SSSR count). The monoisotopic (exact) mass is 510 g/mol. The molecule has 1 heterocycles. The van der Waals surface area contributed by atoms with Gasteiger partial charge in [0.05, 0.1) is 0 Å². The summed E-state index contributed by atoms with van der Waals surface area (Å²) >= 11 is 0. The predicted molar refractivity (Wildman–Crippen MR) is 153 cm³/mol. The molecule has 38 heavy (non-hydrogen) atoms. The molecular formula is C33H38N2O3. The molecule has 1 atom stereocenters. The minimum atomic E-state index is -0.839. The van der Waals surface area contributed by atoms with E-state index in [1.54, 1.807) is 0 Å². The van der Waals surface area contributed by atoms with Crippen molar-refractivity contribution in [3.05, 3.63) is 108 Å². The first-order chi connectivity index (χ1) is 18.6. The van der Waals surface area contributed by atoms with Crippen molar-refractivity contribution in [2.45, 2.75) is 70.4 Å². The molecule has 198 valence electrons. The Morgan fingerprint density at radius 1 is 0.763 bits per heavy atom. The fourth-order valence-corrected chi connectivity index (χ4v) is 5.10. The Kier molecular flexibility index (Phi) is 10.1. The SMILES string of the molecule is O=C(O)CCC(Cc1cn(Cc2ccccc2)c2ccccc12)NC(=O)CCCCCCc1ccccc1. The molecule has 2 N–H and O–H groups in total. The fraction of sp³-hybridized carbons (Fsp3) is 0.333. The number of carbonyl (C=O) groups is 2. The van der Waals surface area contributed by atoms with Crippen LogP contribution in [0.25, 0.3) is 10.9 Å². The Labute approximate surface area is 225 Å². The van der Waals surface area contributed by atoms with Crippen LogP contribution in [0.3, 0.4) is 0 Å². The number of aliphatic carboxylic acids is 1. The Hall–Kier alpha value is -3.86. The van der Waals surface area contributed by atoms with E-state index in [0.29, 0.717) is 19.3 Å². The van der Waals surface area contributed by atoms with Gasteiger partial charge in [-0.15, -0.1) is 0 Å². The smallest absolute Gasteiger partial charge is 0.303 e. The number of hydrogen-bond donors (Lipinski definition) is 2. The molecule has 0 bridgehead atoms. The number of fused-ring (bicyclic) bond motifs is 1. The van der Waals surface area contributed by atoms with Gasteiger partial charge in [0.1, 0.15) is 0 Å². The number of benzene rings is 3. The van der Waals surface area contributed by atoms with Gasteiger partial charge >= 0.3 is 5.97 Å². The molecule has 0 aliphatic heterocycles. The number of hydrogen-bond acceptors (Lipinski definition) is 2. The third-order valence-electron chi connectivity index (χ3n) is 7.07. The molecule has 1 unspecified atom stereocenters. The summed E-state index contributed by atoms with van der Waals surface area (Å²) in [6.45, 7) is 0.762. The van der Waals surface area contributed by atoms with Crippen LogP contribution in [0.2, 0.25) is 0 Å². The summed E-state index contributed by atoms with van der Waals surface area (Å²) < 4.78 is 2.24. The Bertz CT molecular complexity index is 1300. The summed E-state index contributed by atoms with van der Waals surface area (Å²) in [4.78, 5) is 24.1. The van der Waals surface area contributed by atoms with Crippen LogP contribution < -0.4 is 5.32 Å². The first kappa shape index (κ1) is 27.2. The van der Waals surface area contributed by atoms with Crippen LogP contribution in [-0.4, -0.2) is 27.6 Å². The molecular weight excluding hydrogens is 472 g/mol. The molecule has 3 aromatic carbocycles. The number of carboxylic acid groups (broad SMARTS) is 1. The number of aryl methyl sites for hydroxylation is 1. The highest BCUT2D eigenvalue weighted by Crippen LogP contribution is 2.24. The normalized spacial score (nSPS) is 11.9. The lowest BCUT2D eigenvalue weighted by atomic mass is 10.0. The van der Waals surface area contributed by atoms with Gasteiger partial charge in [-0.25, -0.2) is 0 Å². The van der Waals surface area contributed by atoms with Gasteiger partial charge in [0, 0.05) is 42.5 Å². The van der Waals surface area contributed by atoms with Crippen molar-refractivity contribution in [1.29, 1.82) is 0 Å². The van der Waals surface area contributed by atoms with E-state index >= 15 is 0 Å². The van der Waals surface area contributed by atoms with Crippen molar-refractivity contribution >= 4 is 22.8 Å². The Balaban J connectivity index is 1.33. The van der Waals surface area contributed by atoms with Crippen LogP contribution in [0, 0.1) is 0 Å². The largest absolute Gasteiger partial charge is 0.481 e. The second-order valence-corrected chi connectivity index (χ2v) is 10.1. The number of para-hydroxylation sites is 1. The van der Waals surface area contributed by atoms with Crippen molar-refractivity contribution < 1.29 is 14.7 Å². The van der Waals surface area contributed by atoms with E-state index in [0.717, 1.165) is 55.1 Å². The average molecular weight is 511 g/mol. The van der Waals surface area contributed by atoms with Gasteiger partial charge in [0.25, 0.3) is 0 Å². The molecule has 0 aliphatic rings. The number of carboxylic acids is 1. The van der Waals surface area contributed by atoms with Crippen molar-refractivity contribution in [2.75, 3.05) is 0 Å². The maximum absolute atomic E-state index is 12.8. The van der Waals surface area contributed by atoms with Gasteiger partial charge in [-0.3, -0.25) is 9.59 Å². The van der Waals surface area contributed by atoms with Crippen LogP contribution in [0.4, 0.5) is 0 Å². The standard InChI is InChI=1S/C33H38N2O3/c36-32(20-10-2-1-5-13-26-14-6-3-7-15-26)34-29(21-22-33(37)38)23-28-25-35(24-27-16-8-4-9-17-27)31-19-12-11-18-30(28)31/h3-4,6-9,11-12,14-19,25,29H,1-2,5,10,13,20-24H2,(H,34,36)(H,37,38). The number of unbranched alkanes of at least 4 members (excludes halogenated alkanes) is 3. The van der Waals surface area contributed by atoms with Crippen LogP contribution in [0.1, 0.15) is 61.6 Å². The van der Waals surface area contributed by atoms with E-state index in [-0.39, 0.29) is 18.4 Å². The highest BCUT2D eigenvalue weighted by Gasteiger charge is 2.18. The molecule has 4 aromatic rings. The number of rotatable bonds is 15. The predicted octanol–water partition coefficient (Wildman–Crippen LogP) is 6.77.